The number of aromatic nitrogens is 1. The zero-order valence-electron chi connectivity index (χ0n) is 11.6. The van der Waals surface area contributed by atoms with Gasteiger partial charge >= 0.3 is 0 Å². The highest BCUT2D eigenvalue weighted by molar-refractivity contribution is 7.98. The van der Waals surface area contributed by atoms with E-state index in [-0.39, 0.29) is 5.78 Å². The standard InChI is InChI=1S/C14H22N2OS/c1-5-11(10-18-4)16(3)12-7-8-13(15-9-12)14(17)6-2/h7-9,11H,5-6,10H2,1-4H3. The molecule has 0 aliphatic rings. The first-order valence-electron chi connectivity index (χ1n) is 6.35. The molecule has 0 radical (unpaired) electrons. The van der Waals surface area contributed by atoms with Crippen LogP contribution in [0.5, 0.6) is 0 Å². The van der Waals surface area contributed by atoms with E-state index in [9.17, 15) is 4.79 Å². The molecule has 1 aromatic rings. The minimum absolute atomic E-state index is 0.0976. The predicted octanol–water partition coefficient (Wildman–Crippen LogP) is 3.25. The third-order valence-electron chi connectivity index (χ3n) is 3.14. The van der Waals surface area contributed by atoms with Gasteiger partial charge in [-0.3, -0.25) is 9.78 Å². The van der Waals surface area contributed by atoms with E-state index < -0.39 is 0 Å². The Kier molecular flexibility index (Phi) is 6.19. The lowest BCUT2D eigenvalue weighted by Gasteiger charge is -2.28. The van der Waals surface area contributed by atoms with Gasteiger partial charge in [0.05, 0.1) is 11.9 Å². The number of pyridine rings is 1. The first-order valence-corrected chi connectivity index (χ1v) is 7.74. The number of Topliss-reactive ketones (excluding diaryl/α,β-unsaturated/α-hetero) is 1. The van der Waals surface area contributed by atoms with Crippen LogP contribution in [0.1, 0.15) is 37.2 Å². The van der Waals surface area contributed by atoms with Crippen molar-refractivity contribution in [3.63, 3.8) is 0 Å². The summed E-state index contributed by atoms with van der Waals surface area (Å²) in [5.41, 5.74) is 1.64. The van der Waals surface area contributed by atoms with Crippen molar-refractivity contribution in [2.24, 2.45) is 0 Å². The third kappa shape index (κ3) is 3.73. The van der Waals surface area contributed by atoms with Crippen LogP contribution >= 0.6 is 11.8 Å². The molecule has 1 aromatic heterocycles. The lowest BCUT2D eigenvalue weighted by atomic mass is 10.2. The van der Waals surface area contributed by atoms with E-state index in [1.54, 1.807) is 6.20 Å². The summed E-state index contributed by atoms with van der Waals surface area (Å²) in [6, 6.07) is 4.32. The fourth-order valence-corrected chi connectivity index (χ4v) is 2.69. The Morgan fingerprint density at radius 1 is 1.44 bits per heavy atom. The minimum atomic E-state index is 0.0976. The molecule has 0 aliphatic heterocycles. The molecule has 0 N–H and O–H groups in total. The molecule has 1 heterocycles. The van der Waals surface area contributed by atoms with Crippen LogP contribution in [0.2, 0.25) is 0 Å². The van der Waals surface area contributed by atoms with Crippen molar-refractivity contribution >= 4 is 23.2 Å². The number of ketones is 1. The Labute approximate surface area is 114 Å². The molecule has 18 heavy (non-hydrogen) atoms. The first kappa shape index (κ1) is 15.0. The molecule has 4 heteroatoms. The number of nitrogens with zero attached hydrogens (tertiary/aromatic N) is 2. The Bertz CT molecular complexity index is 378. The van der Waals surface area contributed by atoms with Crippen LogP contribution in [-0.2, 0) is 0 Å². The molecular weight excluding hydrogens is 244 g/mol. The van der Waals surface area contributed by atoms with Gasteiger partial charge in [-0.25, -0.2) is 0 Å². The fraction of sp³-hybridized carbons (Fsp3) is 0.571. The Morgan fingerprint density at radius 2 is 2.17 bits per heavy atom. The molecule has 0 amide bonds. The maximum Gasteiger partial charge on any atom is 0.180 e. The number of hydrogen-bond donors (Lipinski definition) is 0. The molecule has 0 spiro atoms. The van der Waals surface area contributed by atoms with E-state index in [1.807, 2.05) is 30.8 Å². The van der Waals surface area contributed by atoms with Gasteiger partial charge in [0.25, 0.3) is 0 Å². The first-order chi connectivity index (χ1) is 8.63. The number of carbonyl (C=O) groups excluding carboxylic acids is 1. The van der Waals surface area contributed by atoms with Crippen molar-refractivity contribution in [3.05, 3.63) is 24.0 Å². The van der Waals surface area contributed by atoms with Crippen LogP contribution in [0.3, 0.4) is 0 Å². The monoisotopic (exact) mass is 266 g/mol. The number of rotatable bonds is 7. The van der Waals surface area contributed by atoms with Gasteiger partial charge in [-0.1, -0.05) is 13.8 Å². The van der Waals surface area contributed by atoms with Crippen molar-refractivity contribution in [1.82, 2.24) is 4.98 Å². The van der Waals surface area contributed by atoms with Crippen molar-refractivity contribution in [2.75, 3.05) is 24.0 Å². The highest BCUT2D eigenvalue weighted by Crippen LogP contribution is 2.18. The van der Waals surface area contributed by atoms with Crippen LogP contribution in [-0.4, -0.2) is 35.9 Å². The molecule has 0 aliphatic carbocycles. The molecule has 0 fully saturated rings. The van der Waals surface area contributed by atoms with E-state index in [4.69, 9.17) is 0 Å². The van der Waals surface area contributed by atoms with Gasteiger partial charge in [-0.2, -0.15) is 11.8 Å². The van der Waals surface area contributed by atoms with Crippen molar-refractivity contribution < 1.29 is 4.79 Å². The second kappa shape index (κ2) is 7.41. The lowest BCUT2D eigenvalue weighted by molar-refractivity contribution is 0.0983. The molecule has 0 saturated heterocycles. The van der Waals surface area contributed by atoms with Gasteiger partial charge in [0, 0.05) is 25.3 Å². The van der Waals surface area contributed by atoms with Crippen molar-refractivity contribution in [3.8, 4) is 0 Å². The minimum Gasteiger partial charge on any atom is -0.370 e. The average Bonchev–Trinajstić information content (AvgIpc) is 2.43. The zero-order chi connectivity index (χ0) is 13.5. The van der Waals surface area contributed by atoms with E-state index in [0.29, 0.717) is 18.2 Å². The topological polar surface area (TPSA) is 33.2 Å². The number of anilines is 1. The highest BCUT2D eigenvalue weighted by atomic mass is 32.2. The largest absolute Gasteiger partial charge is 0.370 e. The van der Waals surface area contributed by atoms with Crippen LogP contribution < -0.4 is 4.90 Å². The quantitative estimate of drug-likeness (QED) is 0.709. The Balaban J connectivity index is 2.80. The fourth-order valence-electron chi connectivity index (χ4n) is 1.85. The van der Waals surface area contributed by atoms with E-state index in [0.717, 1.165) is 17.9 Å². The summed E-state index contributed by atoms with van der Waals surface area (Å²) in [4.78, 5) is 18.0. The summed E-state index contributed by atoms with van der Waals surface area (Å²) < 4.78 is 0. The van der Waals surface area contributed by atoms with Gasteiger partial charge in [0.15, 0.2) is 5.78 Å². The molecule has 0 aromatic carbocycles. The smallest absolute Gasteiger partial charge is 0.180 e. The summed E-state index contributed by atoms with van der Waals surface area (Å²) in [5, 5.41) is 0. The maximum atomic E-state index is 11.5. The molecule has 3 nitrogen and oxygen atoms in total. The van der Waals surface area contributed by atoms with Crippen LogP contribution in [0.4, 0.5) is 5.69 Å². The van der Waals surface area contributed by atoms with Gasteiger partial charge < -0.3 is 4.90 Å². The van der Waals surface area contributed by atoms with E-state index in [2.05, 4.69) is 30.1 Å². The van der Waals surface area contributed by atoms with Crippen LogP contribution in [0, 0.1) is 0 Å². The van der Waals surface area contributed by atoms with Crippen LogP contribution in [0.15, 0.2) is 18.3 Å². The average molecular weight is 266 g/mol. The van der Waals surface area contributed by atoms with Gasteiger partial charge in [-0.05, 0) is 24.8 Å². The summed E-state index contributed by atoms with van der Waals surface area (Å²) in [5.74, 6) is 1.20. The normalized spacial score (nSPS) is 12.2. The number of hydrogen-bond acceptors (Lipinski definition) is 4. The zero-order valence-corrected chi connectivity index (χ0v) is 12.5. The lowest BCUT2D eigenvalue weighted by Crippen LogP contribution is -2.33. The second-order valence-corrected chi connectivity index (χ2v) is 5.22. The van der Waals surface area contributed by atoms with Gasteiger partial charge in [0.1, 0.15) is 5.69 Å². The molecule has 0 bridgehead atoms. The molecule has 1 unspecified atom stereocenters. The highest BCUT2D eigenvalue weighted by Gasteiger charge is 2.13. The summed E-state index contributed by atoms with van der Waals surface area (Å²) in [7, 11) is 2.09. The third-order valence-corrected chi connectivity index (χ3v) is 3.86. The molecular formula is C14H22N2OS. The van der Waals surface area contributed by atoms with Crippen LogP contribution in [0.25, 0.3) is 0 Å². The molecule has 100 valence electrons. The molecule has 1 atom stereocenters. The predicted molar refractivity (Wildman–Crippen MR) is 79.7 cm³/mol. The molecule has 0 saturated carbocycles. The van der Waals surface area contributed by atoms with Crippen molar-refractivity contribution in [2.45, 2.75) is 32.7 Å². The SMILES string of the molecule is CCC(=O)c1ccc(N(C)C(CC)CSC)cn1. The number of thioether (sulfide) groups is 1. The molecule has 1 rings (SSSR count). The van der Waals surface area contributed by atoms with Gasteiger partial charge in [0.2, 0.25) is 0 Å². The second-order valence-electron chi connectivity index (χ2n) is 4.31. The number of carbonyl (C=O) groups is 1. The van der Waals surface area contributed by atoms with E-state index >= 15 is 0 Å². The van der Waals surface area contributed by atoms with Gasteiger partial charge in [-0.15, -0.1) is 0 Å². The summed E-state index contributed by atoms with van der Waals surface area (Å²) >= 11 is 1.85. The summed E-state index contributed by atoms with van der Waals surface area (Å²) in [6.45, 7) is 4.05. The summed E-state index contributed by atoms with van der Waals surface area (Å²) in [6.07, 6.45) is 5.53. The Morgan fingerprint density at radius 3 is 2.61 bits per heavy atom. The maximum absolute atomic E-state index is 11.5. The Hall–Kier alpha value is -1.03. The van der Waals surface area contributed by atoms with E-state index in [1.165, 1.54) is 0 Å². The van der Waals surface area contributed by atoms with Crippen molar-refractivity contribution in [1.29, 1.82) is 0 Å².